The second kappa shape index (κ2) is 7.28. The Morgan fingerprint density at radius 1 is 1.06 bits per heavy atom. The lowest BCUT2D eigenvalue weighted by Crippen LogP contribution is -3.20. The minimum Gasteiger partial charge on any atom is -0.598 e. The smallest absolute Gasteiger partial charge is 0.179 e. The Kier molecular flexibility index (Phi) is 7.14. The zero-order chi connectivity index (χ0) is 14.4. The Labute approximate surface area is 107 Å². The molecule has 0 aliphatic rings. The summed E-state index contributed by atoms with van der Waals surface area (Å²) in [6.45, 7) is 7.25. The van der Waals surface area contributed by atoms with Gasteiger partial charge in [0.05, 0.1) is 6.54 Å². The van der Waals surface area contributed by atoms with Gasteiger partial charge in [0.1, 0.15) is 5.54 Å². The standard InChI is InChI=1S/C9H25N5O4/c1-5-8(3,13(15)17-10)7-12-9(4,6-2)14(16)18-11/h12-14H,5-7,10-11H2,1-4H3. The molecule has 0 amide bonds. The van der Waals surface area contributed by atoms with E-state index in [1.54, 1.807) is 13.8 Å². The molecule has 0 aliphatic heterocycles. The van der Waals surface area contributed by atoms with Gasteiger partial charge in [0.2, 0.25) is 0 Å². The highest BCUT2D eigenvalue weighted by molar-refractivity contribution is 4.78. The van der Waals surface area contributed by atoms with Crippen molar-refractivity contribution in [3.05, 3.63) is 10.4 Å². The molecular formula is C9H25N5O4. The Morgan fingerprint density at radius 2 is 1.56 bits per heavy atom. The van der Waals surface area contributed by atoms with Crippen molar-refractivity contribution >= 4 is 0 Å². The lowest BCUT2D eigenvalue weighted by atomic mass is 9.98. The number of rotatable bonds is 9. The molecule has 0 saturated carbocycles. The Morgan fingerprint density at radius 3 is 1.89 bits per heavy atom. The van der Waals surface area contributed by atoms with E-state index in [9.17, 15) is 10.4 Å². The molecule has 0 saturated heterocycles. The Balaban J connectivity index is 4.69. The van der Waals surface area contributed by atoms with Crippen LogP contribution in [0.5, 0.6) is 0 Å². The minimum absolute atomic E-state index is 0.235. The molecule has 0 spiro atoms. The highest BCUT2D eigenvalue weighted by Crippen LogP contribution is 2.06. The van der Waals surface area contributed by atoms with E-state index < -0.39 is 21.7 Å². The normalized spacial score (nSPS) is 22.0. The highest BCUT2D eigenvalue weighted by atomic mass is 17.0. The van der Waals surface area contributed by atoms with E-state index in [-0.39, 0.29) is 6.54 Å². The van der Waals surface area contributed by atoms with Gasteiger partial charge in [0.25, 0.3) is 0 Å². The maximum atomic E-state index is 11.6. The first-order valence-electron chi connectivity index (χ1n) is 5.87. The van der Waals surface area contributed by atoms with E-state index in [0.717, 1.165) is 0 Å². The number of nitrogens with two attached hydrogens (primary N) is 2. The van der Waals surface area contributed by atoms with Crippen LogP contribution in [-0.4, -0.2) is 17.7 Å². The van der Waals surface area contributed by atoms with Gasteiger partial charge in [-0.3, -0.25) is 5.32 Å². The highest BCUT2D eigenvalue weighted by Gasteiger charge is 2.37. The van der Waals surface area contributed by atoms with Gasteiger partial charge in [0.15, 0.2) is 5.66 Å². The lowest BCUT2D eigenvalue weighted by Gasteiger charge is -2.41. The van der Waals surface area contributed by atoms with Crippen LogP contribution in [0.25, 0.3) is 0 Å². The third-order valence-corrected chi connectivity index (χ3v) is 3.51. The van der Waals surface area contributed by atoms with Gasteiger partial charge in [-0.25, -0.2) is 0 Å². The fraction of sp³-hybridized carbons (Fsp3) is 1.00. The Hall–Kier alpha value is -0.360. The van der Waals surface area contributed by atoms with Crippen LogP contribution < -0.4 is 27.6 Å². The van der Waals surface area contributed by atoms with E-state index in [1.165, 1.54) is 0 Å². The summed E-state index contributed by atoms with van der Waals surface area (Å²) in [5, 5.41) is 25.0. The Bertz CT molecular complexity index is 223. The molecule has 4 unspecified atom stereocenters. The predicted molar refractivity (Wildman–Crippen MR) is 64.6 cm³/mol. The maximum absolute atomic E-state index is 11.6. The molecule has 18 heavy (non-hydrogen) atoms. The fourth-order valence-electron chi connectivity index (χ4n) is 1.35. The first-order valence-corrected chi connectivity index (χ1v) is 5.87. The lowest BCUT2D eigenvalue weighted by molar-refractivity contribution is -1.10. The van der Waals surface area contributed by atoms with E-state index in [2.05, 4.69) is 15.2 Å². The van der Waals surface area contributed by atoms with Crippen molar-refractivity contribution in [1.82, 2.24) is 5.32 Å². The van der Waals surface area contributed by atoms with Crippen LogP contribution in [0, 0.1) is 10.4 Å². The molecule has 0 radical (unpaired) electrons. The average Bonchev–Trinajstić information content (AvgIpc) is 2.42. The molecule has 0 aliphatic carbocycles. The molecule has 9 heteroatoms. The molecule has 0 aromatic rings. The van der Waals surface area contributed by atoms with Gasteiger partial charge < -0.3 is 10.4 Å². The minimum atomic E-state index is -0.944. The van der Waals surface area contributed by atoms with Crippen molar-refractivity contribution in [1.29, 1.82) is 0 Å². The van der Waals surface area contributed by atoms with Gasteiger partial charge in [0, 0.05) is 19.8 Å². The number of nitrogens with one attached hydrogen (secondary N) is 3. The molecule has 4 atom stereocenters. The summed E-state index contributed by atoms with van der Waals surface area (Å²) < 4.78 is 0. The maximum Gasteiger partial charge on any atom is 0.179 e. The first kappa shape index (κ1) is 17.6. The summed E-state index contributed by atoms with van der Waals surface area (Å²) in [7, 11) is 0. The molecular weight excluding hydrogens is 242 g/mol. The summed E-state index contributed by atoms with van der Waals surface area (Å²) in [4.78, 5) is 8.52. The molecule has 0 bridgehead atoms. The molecule has 0 heterocycles. The number of hydrogen-bond acceptors (Lipinski definition) is 7. The molecule has 0 aromatic heterocycles. The summed E-state index contributed by atoms with van der Waals surface area (Å²) in [5.41, 5.74) is -1.75. The summed E-state index contributed by atoms with van der Waals surface area (Å²) in [6.07, 6.45) is 0.994. The van der Waals surface area contributed by atoms with Crippen LogP contribution in [0.4, 0.5) is 0 Å². The van der Waals surface area contributed by atoms with Gasteiger partial charge in [-0.1, -0.05) is 13.8 Å². The second-order valence-electron chi connectivity index (χ2n) is 4.76. The molecule has 0 rings (SSSR count). The third-order valence-electron chi connectivity index (χ3n) is 3.51. The molecule has 9 nitrogen and oxygen atoms in total. The molecule has 0 fully saturated rings. The molecule has 7 N–H and O–H groups in total. The largest absolute Gasteiger partial charge is 0.598 e. The van der Waals surface area contributed by atoms with Crippen molar-refractivity contribution in [2.75, 3.05) is 6.54 Å². The van der Waals surface area contributed by atoms with E-state index in [1.807, 2.05) is 13.8 Å². The average molecular weight is 267 g/mol. The zero-order valence-electron chi connectivity index (χ0n) is 11.4. The predicted octanol–water partition coefficient (Wildman–Crippen LogP) is -2.75. The summed E-state index contributed by atoms with van der Waals surface area (Å²) in [6, 6.07) is 0. The quantitative estimate of drug-likeness (QED) is 0.225. The SMILES string of the molecule is CCC(C)(CNC(C)(CC)[NH+]([O-])ON)[NH+]([O-])ON. The van der Waals surface area contributed by atoms with Crippen LogP contribution in [0.15, 0.2) is 0 Å². The summed E-state index contributed by atoms with van der Waals surface area (Å²) >= 11 is 0. The monoisotopic (exact) mass is 267 g/mol. The third kappa shape index (κ3) is 4.09. The van der Waals surface area contributed by atoms with E-state index in [0.29, 0.717) is 12.8 Å². The summed E-state index contributed by atoms with van der Waals surface area (Å²) in [5.74, 6) is 9.79. The van der Waals surface area contributed by atoms with Crippen LogP contribution in [0.2, 0.25) is 0 Å². The zero-order valence-corrected chi connectivity index (χ0v) is 11.4. The van der Waals surface area contributed by atoms with E-state index in [4.69, 9.17) is 11.8 Å². The van der Waals surface area contributed by atoms with Gasteiger partial charge in [-0.2, -0.15) is 22.2 Å². The van der Waals surface area contributed by atoms with E-state index >= 15 is 0 Å². The van der Waals surface area contributed by atoms with Crippen molar-refractivity contribution in [3.63, 3.8) is 0 Å². The molecule has 110 valence electrons. The van der Waals surface area contributed by atoms with Crippen molar-refractivity contribution in [3.8, 4) is 0 Å². The number of hydrogen-bond donors (Lipinski definition) is 5. The van der Waals surface area contributed by atoms with Crippen molar-refractivity contribution < 1.29 is 20.3 Å². The fourth-order valence-corrected chi connectivity index (χ4v) is 1.35. The van der Waals surface area contributed by atoms with Crippen molar-refractivity contribution in [2.45, 2.75) is 51.7 Å². The van der Waals surface area contributed by atoms with Gasteiger partial charge in [-0.05, 0) is 6.92 Å². The van der Waals surface area contributed by atoms with Crippen LogP contribution in [0.3, 0.4) is 0 Å². The topological polar surface area (TPSA) is 138 Å². The van der Waals surface area contributed by atoms with Gasteiger partial charge in [-0.15, -0.1) is 9.88 Å². The molecule has 0 aromatic carbocycles. The number of quaternary nitrogens is 2. The van der Waals surface area contributed by atoms with Crippen LogP contribution >= 0.6 is 0 Å². The van der Waals surface area contributed by atoms with Gasteiger partial charge >= 0.3 is 0 Å². The second-order valence-corrected chi connectivity index (χ2v) is 4.76. The van der Waals surface area contributed by atoms with Crippen molar-refractivity contribution in [2.24, 2.45) is 11.8 Å². The first-order chi connectivity index (χ1) is 8.29. The van der Waals surface area contributed by atoms with Crippen LogP contribution in [-0.2, 0) is 9.88 Å². The number of hydroxylamine groups is 4. The van der Waals surface area contributed by atoms with Crippen LogP contribution in [0.1, 0.15) is 40.5 Å².